The first-order valence-corrected chi connectivity index (χ1v) is 7.53. The van der Waals surface area contributed by atoms with E-state index in [-0.39, 0.29) is 0 Å². The van der Waals surface area contributed by atoms with Crippen LogP contribution < -0.4 is 16.6 Å². The van der Waals surface area contributed by atoms with Gasteiger partial charge in [0.1, 0.15) is 6.54 Å². The number of hydrogen-bond donors (Lipinski definition) is 2. The number of imide groups is 1. The van der Waals surface area contributed by atoms with Crippen molar-refractivity contribution in [1.82, 2.24) is 14.9 Å². The predicted molar refractivity (Wildman–Crippen MR) is 88.4 cm³/mol. The molecule has 132 valence electrons. The van der Waals surface area contributed by atoms with Gasteiger partial charge in [-0.25, -0.2) is 9.78 Å². The summed E-state index contributed by atoms with van der Waals surface area (Å²) in [5, 5.41) is 2.24. The highest BCUT2D eigenvalue weighted by Crippen LogP contribution is 2.09. The number of carbonyl (C=O) groups excluding carboxylic acids is 3. The van der Waals surface area contributed by atoms with Gasteiger partial charge in [0.25, 0.3) is 11.5 Å². The second-order valence-corrected chi connectivity index (χ2v) is 5.70. The average molecular weight is 346 g/mol. The fraction of sp³-hybridized carbons (Fsp3) is 0.312. The number of rotatable bonds is 5. The number of aromatic nitrogens is 2. The Kier molecular flexibility index (Phi) is 5.48. The van der Waals surface area contributed by atoms with E-state index in [1.807, 2.05) is 5.32 Å². The monoisotopic (exact) mass is 346 g/mol. The molecule has 2 rings (SSSR count). The van der Waals surface area contributed by atoms with Crippen molar-refractivity contribution < 1.29 is 19.1 Å². The second kappa shape index (κ2) is 7.56. The van der Waals surface area contributed by atoms with Gasteiger partial charge in [0, 0.05) is 0 Å². The Hall–Kier alpha value is -3.23. The molecule has 3 N–H and O–H groups in total. The van der Waals surface area contributed by atoms with Crippen molar-refractivity contribution in [3.63, 3.8) is 0 Å². The molecular weight excluding hydrogens is 328 g/mol. The Morgan fingerprint density at radius 2 is 1.96 bits per heavy atom. The van der Waals surface area contributed by atoms with Gasteiger partial charge in [-0.05, 0) is 18.1 Å². The Morgan fingerprint density at radius 3 is 2.60 bits per heavy atom. The van der Waals surface area contributed by atoms with Gasteiger partial charge >= 0.3 is 12.0 Å². The Morgan fingerprint density at radius 1 is 1.28 bits per heavy atom. The van der Waals surface area contributed by atoms with Gasteiger partial charge < -0.3 is 10.5 Å². The lowest BCUT2D eigenvalue weighted by Gasteiger charge is -2.20. The largest absolute Gasteiger partial charge is 0.451 e. The molecule has 9 nitrogen and oxygen atoms in total. The molecule has 0 unspecified atom stereocenters. The van der Waals surface area contributed by atoms with Crippen molar-refractivity contribution in [2.75, 3.05) is 0 Å². The number of esters is 1. The van der Waals surface area contributed by atoms with Crippen molar-refractivity contribution >= 4 is 28.8 Å². The fourth-order valence-electron chi connectivity index (χ4n) is 2.22. The fourth-order valence-corrected chi connectivity index (χ4v) is 2.22. The Balaban J connectivity index is 2.16. The predicted octanol–water partition coefficient (Wildman–Crippen LogP) is 0.159. The third kappa shape index (κ3) is 4.40. The molecule has 9 heteroatoms. The first kappa shape index (κ1) is 18.1. The lowest BCUT2D eigenvalue weighted by atomic mass is 10.1. The lowest BCUT2D eigenvalue weighted by Crippen LogP contribution is -2.46. The Labute approximate surface area is 142 Å². The van der Waals surface area contributed by atoms with Gasteiger partial charge in [-0.15, -0.1) is 0 Å². The topological polar surface area (TPSA) is 133 Å². The van der Waals surface area contributed by atoms with Gasteiger partial charge in [-0.3, -0.25) is 24.3 Å². The standard InChI is InChI=1S/C16H18N4O5/c1-9(2)13(14(22)19-16(17)24)25-12(21)7-20-8-18-11-6-4-3-5-10(11)15(20)23/h3-6,8-9,13H,7H2,1-2H3,(H3,17,19,22,24)/t13-/m1/s1. The summed E-state index contributed by atoms with van der Waals surface area (Å²) >= 11 is 0. The number of hydrogen-bond acceptors (Lipinski definition) is 6. The van der Waals surface area contributed by atoms with E-state index in [0.29, 0.717) is 10.9 Å². The maximum absolute atomic E-state index is 12.3. The number of carbonyl (C=O) groups is 3. The minimum atomic E-state index is -1.20. The summed E-state index contributed by atoms with van der Waals surface area (Å²) < 4.78 is 6.19. The van der Waals surface area contributed by atoms with Crippen molar-refractivity contribution in [1.29, 1.82) is 0 Å². The van der Waals surface area contributed by atoms with Crippen LogP contribution in [-0.2, 0) is 20.9 Å². The minimum Gasteiger partial charge on any atom is -0.451 e. The number of benzene rings is 1. The molecule has 0 fully saturated rings. The number of ether oxygens (including phenoxy) is 1. The molecule has 0 bridgehead atoms. The minimum absolute atomic E-state index is 0.365. The van der Waals surface area contributed by atoms with E-state index in [4.69, 9.17) is 10.5 Å². The number of fused-ring (bicyclic) bond motifs is 1. The first-order chi connectivity index (χ1) is 11.8. The molecule has 0 saturated carbocycles. The second-order valence-electron chi connectivity index (χ2n) is 5.70. The molecule has 0 spiro atoms. The van der Waals surface area contributed by atoms with Crippen LogP contribution in [-0.4, -0.2) is 33.6 Å². The molecule has 0 saturated heterocycles. The zero-order chi connectivity index (χ0) is 18.6. The highest BCUT2D eigenvalue weighted by Gasteiger charge is 2.27. The molecule has 1 atom stereocenters. The number of nitrogens with two attached hydrogens (primary N) is 1. The number of primary amides is 1. The summed E-state index contributed by atoms with van der Waals surface area (Å²) in [7, 11) is 0. The van der Waals surface area contributed by atoms with E-state index in [1.54, 1.807) is 38.1 Å². The quantitative estimate of drug-likeness (QED) is 0.741. The number of para-hydroxylation sites is 1. The lowest BCUT2D eigenvalue weighted by molar-refractivity contribution is -0.158. The van der Waals surface area contributed by atoms with Gasteiger partial charge in [-0.1, -0.05) is 26.0 Å². The summed E-state index contributed by atoms with van der Waals surface area (Å²) in [6, 6.07) is 5.68. The zero-order valence-electron chi connectivity index (χ0n) is 13.8. The summed E-state index contributed by atoms with van der Waals surface area (Å²) in [5.74, 6) is -2.02. The molecular formula is C16H18N4O5. The van der Waals surface area contributed by atoms with Crippen LogP contribution in [0.1, 0.15) is 13.8 Å². The number of nitrogens with one attached hydrogen (secondary N) is 1. The van der Waals surface area contributed by atoms with E-state index in [2.05, 4.69) is 4.98 Å². The zero-order valence-corrected chi connectivity index (χ0v) is 13.8. The number of amides is 3. The molecule has 0 aliphatic heterocycles. The molecule has 1 heterocycles. The highest BCUT2D eigenvalue weighted by molar-refractivity contribution is 5.96. The van der Waals surface area contributed by atoms with E-state index < -0.39 is 42.0 Å². The molecule has 0 aliphatic rings. The molecule has 25 heavy (non-hydrogen) atoms. The van der Waals surface area contributed by atoms with E-state index in [0.717, 1.165) is 4.57 Å². The smallest absolute Gasteiger partial charge is 0.326 e. The van der Waals surface area contributed by atoms with E-state index >= 15 is 0 Å². The number of nitrogens with zero attached hydrogens (tertiary/aromatic N) is 2. The van der Waals surface area contributed by atoms with Crippen LogP contribution >= 0.6 is 0 Å². The van der Waals surface area contributed by atoms with Crippen molar-refractivity contribution in [3.05, 3.63) is 40.9 Å². The molecule has 2 aromatic rings. The van der Waals surface area contributed by atoms with Crippen LogP contribution in [0.3, 0.4) is 0 Å². The van der Waals surface area contributed by atoms with Crippen molar-refractivity contribution in [2.24, 2.45) is 11.7 Å². The third-order valence-corrected chi connectivity index (χ3v) is 3.40. The SMILES string of the molecule is CC(C)[C@@H](OC(=O)Cn1cnc2ccccc2c1=O)C(=O)NC(N)=O. The maximum Gasteiger partial charge on any atom is 0.326 e. The average Bonchev–Trinajstić information content (AvgIpc) is 2.54. The maximum atomic E-state index is 12.3. The van der Waals surface area contributed by atoms with Crippen LogP contribution in [0.15, 0.2) is 35.4 Å². The molecule has 3 amide bonds. The van der Waals surface area contributed by atoms with Crippen molar-refractivity contribution in [2.45, 2.75) is 26.5 Å². The Bertz CT molecular complexity index is 874. The van der Waals surface area contributed by atoms with Gasteiger partial charge in [0.15, 0.2) is 6.10 Å². The van der Waals surface area contributed by atoms with Crippen LogP contribution in [0.2, 0.25) is 0 Å². The van der Waals surface area contributed by atoms with Gasteiger partial charge in [-0.2, -0.15) is 0 Å². The van der Waals surface area contributed by atoms with Crippen molar-refractivity contribution in [3.8, 4) is 0 Å². The molecule has 0 aliphatic carbocycles. The first-order valence-electron chi connectivity index (χ1n) is 7.53. The number of urea groups is 1. The van der Waals surface area contributed by atoms with E-state index in [1.165, 1.54) is 6.33 Å². The molecule has 1 aromatic heterocycles. The molecule has 1 aromatic carbocycles. The van der Waals surface area contributed by atoms with Gasteiger partial charge in [0.2, 0.25) is 0 Å². The van der Waals surface area contributed by atoms with Crippen LogP contribution in [0.25, 0.3) is 10.9 Å². The summed E-state index contributed by atoms with van der Waals surface area (Å²) in [5.41, 5.74) is 5.01. The van der Waals surface area contributed by atoms with Gasteiger partial charge in [0.05, 0.1) is 17.2 Å². The third-order valence-electron chi connectivity index (χ3n) is 3.40. The summed E-state index contributed by atoms with van der Waals surface area (Å²) in [6.45, 7) is 2.87. The van der Waals surface area contributed by atoms with Crippen LogP contribution in [0, 0.1) is 5.92 Å². The summed E-state index contributed by atoms with van der Waals surface area (Å²) in [4.78, 5) is 51.2. The van der Waals surface area contributed by atoms with E-state index in [9.17, 15) is 19.2 Å². The van der Waals surface area contributed by atoms with Crippen LogP contribution in [0.5, 0.6) is 0 Å². The summed E-state index contributed by atoms with van der Waals surface area (Å²) in [6.07, 6.45) is 0.0314. The van der Waals surface area contributed by atoms with Crippen LogP contribution in [0.4, 0.5) is 4.79 Å². The normalized spacial score (nSPS) is 12.0. The highest BCUT2D eigenvalue weighted by atomic mass is 16.5. The molecule has 0 radical (unpaired) electrons.